The van der Waals surface area contributed by atoms with Gasteiger partial charge in [0.2, 0.25) is 0 Å². The van der Waals surface area contributed by atoms with Crippen molar-refractivity contribution in [3.05, 3.63) is 0 Å². The van der Waals surface area contributed by atoms with Crippen LogP contribution in [0.3, 0.4) is 0 Å². The van der Waals surface area contributed by atoms with Crippen molar-refractivity contribution < 1.29 is 9.53 Å². The molecule has 0 amide bonds. The molecule has 9 heavy (non-hydrogen) atoms. The molecule has 0 bridgehead atoms. The summed E-state index contributed by atoms with van der Waals surface area (Å²) < 4.78 is 4.99. The van der Waals surface area contributed by atoms with E-state index in [4.69, 9.17) is 4.74 Å². The predicted octanol–water partition coefficient (Wildman–Crippen LogP) is 1.39. The number of Topliss-reactive ketones (excluding diaryl/α,β-unsaturated/α-hetero) is 1. The number of ether oxygens (including phenoxy) is 1. The summed E-state index contributed by atoms with van der Waals surface area (Å²) in [5.74, 6) is 0.198. The van der Waals surface area contributed by atoms with Crippen LogP contribution >= 0.6 is 0 Å². The molecule has 0 heterocycles. The van der Waals surface area contributed by atoms with Crippen molar-refractivity contribution in [3.63, 3.8) is 0 Å². The van der Waals surface area contributed by atoms with Gasteiger partial charge in [-0.2, -0.15) is 0 Å². The Labute approximate surface area is 56.2 Å². The largest absolute Gasteiger partial charge is 0.381 e. The van der Waals surface area contributed by atoms with Gasteiger partial charge in [0.1, 0.15) is 5.78 Å². The summed E-state index contributed by atoms with van der Waals surface area (Å²) in [6, 6.07) is 0. The number of carbonyl (C=O) groups excluding carboxylic acids is 1. The van der Waals surface area contributed by atoms with Crippen LogP contribution in [0.25, 0.3) is 0 Å². The van der Waals surface area contributed by atoms with Crippen molar-refractivity contribution >= 4 is 5.78 Å². The van der Waals surface area contributed by atoms with Crippen LogP contribution in [0.15, 0.2) is 0 Å². The predicted molar refractivity (Wildman–Crippen MR) is 36.4 cm³/mol. The molecule has 0 aliphatic carbocycles. The third kappa shape index (κ3) is 4.15. The standard InChI is InChI=1S/C7H14O2/c1-4-7(9-3)5-6(2)8/h7H,4-5H2,1-3H3. The fourth-order valence-corrected chi connectivity index (χ4v) is 0.715. The van der Waals surface area contributed by atoms with Crippen molar-refractivity contribution in [2.24, 2.45) is 0 Å². The zero-order valence-electron chi connectivity index (χ0n) is 6.31. The average molecular weight is 130 g/mol. The number of rotatable bonds is 4. The van der Waals surface area contributed by atoms with E-state index in [-0.39, 0.29) is 11.9 Å². The Kier molecular flexibility index (Phi) is 4.32. The molecule has 0 spiro atoms. The molecule has 0 rings (SSSR count). The average Bonchev–Trinajstić information content (AvgIpc) is 1.82. The maximum Gasteiger partial charge on any atom is 0.132 e. The van der Waals surface area contributed by atoms with E-state index in [1.165, 1.54) is 0 Å². The van der Waals surface area contributed by atoms with Crippen LogP contribution in [0.1, 0.15) is 26.7 Å². The fourth-order valence-electron chi connectivity index (χ4n) is 0.715. The van der Waals surface area contributed by atoms with Gasteiger partial charge in [0, 0.05) is 13.5 Å². The van der Waals surface area contributed by atoms with Crippen molar-refractivity contribution in [2.75, 3.05) is 7.11 Å². The van der Waals surface area contributed by atoms with Crippen molar-refractivity contribution in [3.8, 4) is 0 Å². The highest BCUT2D eigenvalue weighted by Gasteiger charge is 2.05. The van der Waals surface area contributed by atoms with Crippen LogP contribution in [0.4, 0.5) is 0 Å². The van der Waals surface area contributed by atoms with Gasteiger partial charge in [-0.1, -0.05) is 6.92 Å². The normalized spacial score (nSPS) is 13.2. The second kappa shape index (κ2) is 4.50. The van der Waals surface area contributed by atoms with Crippen LogP contribution in [0.5, 0.6) is 0 Å². The summed E-state index contributed by atoms with van der Waals surface area (Å²) in [6.45, 7) is 3.60. The highest BCUT2D eigenvalue weighted by Crippen LogP contribution is 2.01. The Morgan fingerprint density at radius 2 is 2.22 bits per heavy atom. The zero-order valence-corrected chi connectivity index (χ0v) is 6.31. The van der Waals surface area contributed by atoms with Crippen LogP contribution in [-0.4, -0.2) is 19.0 Å². The summed E-state index contributed by atoms with van der Waals surface area (Å²) in [5, 5.41) is 0. The molecule has 1 unspecified atom stereocenters. The molecule has 0 aliphatic heterocycles. The lowest BCUT2D eigenvalue weighted by atomic mass is 10.1. The maximum absolute atomic E-state index is 10.5. The second-order valence-electron chi connectivity index (χ2n) is 2.17. The molecule has 0 aromatic rings. The summed E-state index contributed by atoms with van der Waals surface area (Å²) in [5.41, 5.74) is 0. The van der Waals surface area contributed by atoms with E-state index in [9.17, 15) is 4.79 Å². The SMILES string of the molecule is CCC(CC(C)=O)OC. The summed E-state index contributed by atoms with van der Waals surface area (Å²) in [4.78, 5) is 10.5. The molecule has 1 atom stereocenters. The Morgan fingerprint density at radius 3 is 2.33 bits per heavy atom. The molecule has 0 saturated carbocycles. The lowest BCUT2D eigenvalue weighted by Crippen LogP contribution is -2.12. The Morgan fingerprint density at radius 1 is 1.67 bits per heavy atom. The Bertz CT molecular complexity index is 84.9. The van der Waals surface area contributed by atoms with Gasteiger partial charge in [0.15, 0.2) is 0 Å². The minimum atomic E-state index is 0.127. The van der Waals surface area contributed by atoms with E-state index < -0.39 is 0 Å². The summed E-state index contributed by atoms with van der Waals surface area (Å²) >= 11 is 0. The zero-order chi connectivity index (χ0) is 7.28. The first-order valence-corrected chi connectivity index (χ1v) is 3.23. The van der Waals surface area contributed by atoms with Crippen LogP contribution in [0, 0.1) is 0 Å². The molecule has 2 nitrogen and oxygen atoms in total. The topological polar surface area (TPSA) is 26.3 Å². The molecule has 54 valence electrons. The van der Waals surface area contributed by atoms with Gasteiger partial charge in [0.05, 0.1) is 6.10 Å². The molecular formula is C7H14O2. The van der Waals surface area contributed by atoms with E-state index in [2.05, 4.69) is 0 Å². The second-order valence-corrected chi connectivity index (χ2v) is 2.17. The molecule has 2 heteroatoms. The molecule has 0 aromatic carbocycles. The summed E-state index contributed by atoms with van der Waals surface area (Å²) in [7, 11) is 1.64. The minimum Gasteiger partial charge on any atom is -0.381 e. The van der Waals surface area contributed by atoms with Gasteiger partial charge in [-0.05, 0) is 13.3 Å². The van der Waals surface area contributed by atoms with Gasteiger partial charge in [0.25, 0.3) is 0 Å². The van der Waals surface area contributed by atoms with Gasteiger partial charge in [-0.15, -0.1) is 0 Å². The van der Waals surface area contributed by atoms with Crippen molar-refractivity contribution in [1.82, 2.24) is 0 Å². The monoisotopic (exact) mass is 130 g/mol. The minimum absolute atomic E-state index is 0.127. The van der Waals surface area contributed by atoms with Gasteiger partial charge < -0.3 is 4.74 Å². The van der Waals surface area contributed by atoms with Gasteiger partial charge >= 0.3 is 0 Å². The van der Waals surface area contributed by atoms with Crippen LogP contribution in [-0.2, 0) is 9.53 Å². The number of methoxy groups -OCH3 is 1. The molecular weight excluding hydrogens is 116 g/mol. The fraction of sp³-hybridized carbons (Fsp3) is 0.857. The molecule has 0 N–H and O–H groups in total. The first-order valence-electron chi connectivity index (χ1n) is 3.23. The highest BCUT2D eigenvalue weighted by atomic mass is 16.5. The van der Waals surface area contributed by atoms with E-state index >= 15 is 0 Å². The van der Waals surface area contributed by atoms with E-state index in [1.54, 1.807) is 14.0 Å². The van der Waals surface area contributed by atoms with Gasteiger partial charge in [-0.3, -0.25) is 4.79 Å². The smallest absolute Gasteiger partial charge is 0.132 e. The Balaban J connectivity index is 3.43. The van der Waals surface area contributed by atoms with E-state index in [0.717, 1.165) is 6.42 Å². The first-order chi connectivity index (χ1) is 4.20. The number of carbonyl (C=O) groups is 1. The molecule has 0 radical (unpaired) electrons. The quantitative estimate of drug-likeness (QED) is 0.574. The van der Waals surface area contributed by atoms with Crippen LogP contribution in [0.2, 0.25) is 0 Å². The molecule has 0 saturated heterocycles. The molecule has 0 aliphatic rings. The van der Waals surface area contributed by atoms with Crippen molar-refractivity contribution in [2.45, 2.75) is 32.8 Å². The third-order valence-corrected chi connectivity index (χ3v) is 1.30. The van der Waals surface area contributed by atoms with Crippen molar-refractivity contribution in [1.29, 1.82) is 0 Å². The maximum atomic E-state index is 10.5. The first kappa shape index (κ1) is 8.63. The summed E-state index contributed by atoms with van der Waals surface area (Å²) in [6.07, 6.45) is 1.59. The van der Waals surface area contributed by atoms with Crippen LogP contribution < -0.4 is 0 Å². The van der Waals surface area contributed by atoms with Gasteiger partial charge in [-0.25, -0.2) is 0 Å². The lowest BCUT2D eigenvalue weighted by molar-refractivity contribution is -0.119. The van der Waals surface area contributed by atoms with E-state index in [1.807, 2.05) is 6.92 Å². The number of hydrogen-bond acceptors (Lipinski definition) is 2. The lowest BCUT2D eigenvalue weighted by Gasteiger charge is -2.08. The van der Waals surface area contributed by atoms with E-state index in [0.29, 0.717) is 6.42 Å². The molecule has 0 aromatic heterocycles. The number of hydrogen-bond donors (Lipinski definition) is 0. The third-order valence-electron chi connectivity index (χ3n) is 1.30. The number of ketones is 1. The highest BCUT2D eigenvalue weighted by molar-refractivity contribution is 5.75. The molecule has 0 fully saturated rings. The Hall–Kier alpha value is -0.370.